The molecule has 2 atom stereocenters. The molecule has 0 spiro atoms. The number of carbonyl (C=O) groups excluding carboxylic acids is 2. The molecule has 1 heterocycles. The molecule has 5 nitrogen and oxygen atoms in total. The van der Waals surface area contributed by atoms with Crippen molar-refractivity contribution in [1.82, 2.24) is 4.90 Å². The molecule has 1 saturated heterocycles. The fourth-order valence-corrected chi connectivity index (χ4v) is 2.20. The number of likely N-dealkylation sites (tertiary alicyclic amines) is 1. The van der Waals surface area contributed by atoms with Gasteiger partial charge < -0.3 is 5.11 Å². The Kier molecular flexibility index (Phi) is 2.77. The minimum absolute atomic E-state index is 0.183. The highest BCUT2D eigenvalue weighted by atomic mass is 16.4. The average molecular weight is 223 g/mol. The van der Waals surface area contributed by atoms with Crippen molar-refractivity contribution in [1.29, 1.82) is 0 Å². The van der Waals surface area contributed by atoms with Gasteiger partial charge in [-0.1, -0.05) is 12.2 Å². The molecular weight excluding hydrogens is 210 g/mol. The smallest absolute Gasteiger partial charge is 0.310 e. The number of rotatable bonds is 2. The minimum Gasteiger partial charge on any atom is -0.481 e. The highest BCUT2D eigenvalue weighted by Gasteiger charge is 2.36. The van der Waals surface area contributed by atoms with Crippen LogP contribution >= 0.6 is 0 Å². The third kappa shape index (κ3) is 1.85. The van der Waals surface area contributed by atoms with Crippen LogP contribution in [0, 0.1) is 5.92 Å². The Balaban J connectivity index is 2.09. The van der Waals surface area contributed by atoms with Crippen molar-refractivity contribution in [2.75, 3.05) is 0 Å². The Morgan fingerprint density at radius 3 is 2.38 bits per heavy atom. The molecule has 2 rings (SSSR count). The maximum absolute atomic E-state index is 11.6. The van der Waals surface area contributed by atoms with Crippen molar-refractivity contribution in [2.24, 2.45) is 5.92 Å². The molecule has 0 bridgehead atoms. The van der Waals surface area contributed by atoms with E-state index in [9.17, 15) is 14.4 Å². The second-order valence-corrected chi connectivity index (χ2v) is 4.14. The number of carbonyl (C=O) groups is 3. The minimum atomic E-state index is -0.907. The van der Waals surface area contributed by atoms with Gasteiger partial charge in [-0.15, -0.1) is 0 Å². The second-order valence-electron chi connectivity index (χ2n) is 4.14. The molecule has 0 aromatic carbocycles. The van der Waals surface area contributed by atoms with E-state index in [1.54, 1.807) is 12.2 Å². The first kappa shape index (κ1) is 10.9. The molecule has 2 amide bonds. The van der Waals surface area contributed by atoms with Gasteiger partial charge in [0.2, 0.25) is 11.8 Å². The number of hydrogen-bond donors (Lipinski definition) is 1. The molecule has 16 heavy (non-hydrogen) atoms. The van der Waals surface area contributed by atoms with E-state index in [1.807, 2.05) is 0 Å². The van der Waals surface area contributed by atoms with E-state index in [0.29, 0.717) is 25.7 Å². The summed E-state index contributed by atoms with van der Waals surface area (Å²) in [5, 5.41) is 8.82. The van der Waals surface area contributed by atoms with Gasteiger partial charge in [0.1, 0.15) is 0 Å². The van der Waals surface area contributed by atoms with Gasteiger partial charge in [0.25, 0.3) is 0 Å². The van der Waals surface area contributed by atoms with Crippen LogP contribution in [0.5, 0.6) is 0 Å². The summed E-state index contributed by atoms with van der Waals surface area (Å²) in [6.45, 7) is 0. The van der Waals surface area contributed by atoms with Gasteiger partial charge in [0.15, 0.2) is 0 Å². The Morgan fingerprint density at radius 2 is 1.88 bits per heavy atom. The number of hydrogen-bond acceptors (Lipinski definition) is 3. The number of amides is 2. The van der Waals surface area contributed by atoms with Crippen molar-refractivity contribution in [2.45, 2.75) is 31.7 Å². The molecule has 1 N–H and O–H groups in total. The fraction of sp³-hybridized carbons (Fsp3) is 0.545. The molecule has 5 heteroatoms. The van der Waals surface area contributed by atoms with Crippen LogP contribution in [0.15, 0.2) is 12.2 Å². The molecule has 1 aliphatic carbocycles. The lowest BCUT2D eigenvalue weighted by molar-refractivity contribution is -0.151. The Labute approximate surface area is 92.7 Å². The van der Waals surface area contributed by atoms with Crippen LogP contribution in [0.4, 0.5) is 0 Å². The third-order valence-corrected chi connectivity index (χ3v) is 3.03. The van der Waals surface area contributed by atoms with Crippen LogP contribution in [0.3, 0.4) is 0 Å². The standard InChI is InChI=1S/C11H13NO4/c13-9-2-1-3-10(14)12(9)8-5-4-7(6-8)11(15)16/h4-5,7-8H,1-3,6H2,(H,15,16). The number of carboxylic acid groups (broad SMARTS) is 1. The Morgan fingerprint density at radius 1 is 1.25 bits per heavy atom. The molecule has 0 aromatic rings. The topological polar surface area (TPSA) is 74.7 Å². The van der Waals surface area contributed by atoms with E-state index in [4.69, 9.17) is 5.11 Å². The zero-order valence-corrected chi connectivity index (χ0v) is 8.76. The summed E-state index contributed by atoms with van der Waals surface area (Å²) in [5.41, 5.74) is 0. The maximum Gasteiger partial charge on any atom is 0.310 e. The Hall–Kier alpha value is -1.65. The number of piperidine rings is 1. The highest BCUT2D eigenvalue weighted by Crippen LogP contribution is 2.26. The summed E-state index contributed by atoms with van der Waals surface area (Å²) in [7, 11) is 0. The lowest BCUT2D eigenvalue weighted by Crippen LogP contribution is -2.46. The van der Waals surface area contributed by atoms with Crippen LogP contribution in [0.2, 0.25) is 0 Å². The van der Waals surface area contributed by atoms with E-state index in [2.05, 4.69) is 0 Å². The maximum atomic E-state index is 11.6. The molecule has 0 radical (unpaired) electrons. The van der Waals surface area contributed by atoms with E-state index in [-0.39, 0.29) is 17.9 Å². The van der Waals surface area contributed by atoms with Crippen LogP contribution in [0.1, 0.15) is 25.7 Å². The van der Waals surface area contributed by atoms with Crippen LogP contribution in [-0.2, 0) is 14.4 Å². The fourth-order valence-electron chi connectivity index (χ4n) is 2.20. The first-order valence-electron chi connectivity index (χ1n) is 5.35. The van der Waals surface area contributed by atoms with Gasteiger partial charge in [0.05, 0.1) is 12.0 Å². The predicted octanol–water partition coefficient (Wildman–Crippen LogP) is 0.555. The molecule has 0 aromatic heterocycles. The summed E-state index contributed by atoms with van der Waals surface area (Å²) in [6, 6.07) is -0.360. The monoisotopic (exact) mass is 223 g/mol. The van der Waals surface area contributed by atoms with Gasteiger partial charge >= 0.3 is 5.97 Å². The van der Waals surface area contributed by atoms with E-state index in [1.165, 1.54) is 4.90 Å². The molecule has 0 saturated carbocycles. The van der Waals surface area contributed by atoms with E-state index < -0.39 is 11.9 Å². The second kappa shape index (κ2) is 4.08. The summed E-state index contributed by atoms with van der Waals surface area (Å²) < 4.78 is 0. The van der Waals surface area contributed by atoms with Crippen LogP contribution in [0.25, 0.3) is 0 Å². The summed E-state index contributed by atoms with van der Waals surface area (Å²) in [6.07, 6.45) is 4.89. The Bertz CT molecular complexity index is 358. The van der Waals surface area contributed by atoms with Crippen molar-refractivity contribution >= 4 is 17.8 Å². The average Bonchev–Trinajstić information content (AvgIpc) is 2.66. The zero-order valence-electron chi connectivity index (χ0n) is 8.76. The number of carboxylic acids is 1. The van der Waals surface area contributed by atoms with Gasteiger partial charge in [-0.3, -0.25) is 19.3 Å². The quantitative estimate of drug-likeness (QED) is 0.548. The van der Waals surface area contributed by atoms with Gasteiger partial charge in [-0.25, -0.2) is 0 Å². The molecule has 2 aliphatic rings. The first-order chi connectivity index (χ1) is 7.59. The summed E-state index contributed by atoms with van der Waals surface area (Å²) in [5.74, 6) is -1.85. The lowest BCUT2D eigenvalue weighted by atomic mass is 10.0. The van der Waals surface area contributed by atoms with E-state index in [0.717, 1.165) is 0 Å². The summed E-state index contributed by atoms with van der Waals surface area (Å²) >= 11 is 0. The van der Waals surface area contributed by atoms with Crippen molar-refractivity contribution in [3.63, 3.8) is 0 Å². The lowest BCUT2D eigenvalue weighted by Gasteiger charge is -2.29. The highest BCUT2D eigenvalue weighted by molar-refractivity contribution is 5.98. The van der Waals surface area contributed by atoms with E-state index >= 15 is 0 Å². The van der Waals surface area contributed by atoms with Crippen molar-refractivity contribution in [3.8, 4) is 0 Å². The van der Waals surface area contributed by atoms with Crippen LogP contribution < -0.4 is 0 Å². The SMILES string of the molecule is O=C(O)C1C=CC(N2C(=O)CCCC2=O)C1. The molecular formula is C11H13NO4. The first-order valence-corrected chi connectivity index (χ1v) is 5.35. The zero-order chi connectivity index (χ0) is 11.7. The normalized spacial score (nSPS) is 29.9. The molecule has 2 unspecified atom stereocenters. The summed E-state index contributed by atoms with van der Waals surface area (Å²) in [4.78, 5) is 35.2. The molecule has 1 aliphatic heterocycles. The number of aliphatic carboxylic acids is 1. The number of imide groups is 1. The predicted molar refractivity (Wildman–Crippen MR) is 54.4 cm³/mol. The van der Waals surface area contributed by atoms with Crippen LogP contribution in [-0.4, -0.2) is 33.8 Å². The van der Waals surface area contributed by atoms with Gasteiger partial charge in [-0.2, -0.15) is 0 Å². The van der Waals surface area contributed by atoms with Crippen molar-refractivity contribution < 1.29 is 19.5 Å². The van der Waals surface area contributed by atoms with Gasteiger partial charge in [-0.05, 0) is 12.8 Å². The van der Waals surface area contributed by atoms with Gasteiger partial charge in [0, 0.05) is 12.8 Å². The third-order valence-electron chi connectivity index (χ3n) is 3.03. The number of nitrogens with zero attached hydrogens (tertiary/aromatic N) is 1. The largest absolute Gasteiger partial charge is 0.481 e. The van der Waals surface area contributed by atoms with Crippen molar-refractivity contribution in [3.05, 3.63) is 12.2 Å². The molecule has 86 valence electrons. The molecule has 1 fully saturated rings.